The van der Waals surface area contributed by atoms with Gasteiger partial charge in [-0.2, -0.15) is 0 Å². The number of rotatable bonds is 17. The molecule has 0 aromatic heterocycles. The van der Waals surface area contributed by atoms with Crippen LogP contribution in [0.4, 0.5) is 0 Å². The van der Waals surface area contributed by atoms with Crippen molar-refractivity contribution in [3.8, 4) is 0 Å². The number of hydrogen-bond donors (Lipinski definition) is 6. The van der Waals surface area contributed by atoms with Crippen LogP contribution in [0.5, 0.6) is 0 Å². The van der Waals surface area contributed by atoms with E-state index in [-0.39, 0.29) is 19.3 Å². The Morgan fingerprint density at radius 2 is 1.00 bits per heavy atom. The molecule has 0 fully saturated rings. The summed E-state index contributed by atoms with van der Waals surface area (Å²) >= 11 is 0. The first kappa shape index (κ1) is 33.0. The van der Waals surface area contributed by atoms with Crippen LogP contribution in [0.2, 0.25) is 0 Å². The molecule has 4 unspecified atom stereocenters. The van der Waals surface area contributed by atoms with E-state index in [0.29, 0.717) is 25.8 Å². The van der Waals surface area contributed by atoms with Crippen LogP contribution < -0.4 is 27.4 Å². The van der Waals surface area contributed by atoms with E-state index in [1.807, 2.05) is 66.7 Å². The van der Waals surface area contributed by atoms with Crippen LogP contribution in [0.1, 0.15) is 36.0 Å². The second kappa shape index (κ2) is 17.4. The lowest BCUT2D eigenvalue weighted by molar-refractivity contribution is -0.142. The number of amides is 3. The number of carboxylic acids is 1. The number of carbonyl (C=O) groups excluding carboxylic acids is 3. The number of aliphatic carboxylic acids is 1. The Bertz CT molecular complexity index is 1310. The number of carboxylic acid groups (broad SMARTS) is 1. The molecular weight excluding hydrogens is 546 g/mol. The lowest BCUT2D eigenvalue weighted by atomic mass is 10.0. The van der Waals surface area contributed by atoms with E-state index < -0.39 is 47.9 Å². The Kier molecular flexibility index (Phi) is 13.4. The normalized spacial score (nSPS) is 13.6. The largest absolute Gasteiger partial charge is 0.480 e. The van der Waals surface area contributed by atoms with Gasteiger partial charge in [0.2, 0.25) is 17.7 Å². The Morgan fingerprint density at radius 1 is 0.581 bits per heavy atom. The average Bonchev–Trinajstić information content (AvgIpc) is 3.01. The van der Waals surface area contributed by atoms with Gasteiger partial charge in [0.25, 0.3) is 0 Å². The zero-order valence-corrected chi connectivity index (χ0v) is 24.2. The van der Waals surface area contributed by atoms with Crippen molar-refractivity contribution in [2.24, 2.45) is 11.5 Å². The van der Waals surface area contributed by atoms with Crippen LogP contribution in [0.25, 0.3) is 0 Å². The molecule has 0 radical (unpaired) electrons. The van der Waals surface area contributed by atoms with Crippen molar-refractivity contribution < 1.29 is 24.3 Å². The molecule has 3 amide bonds. The highest BCUT2D eigenvalue weighted by Gasteiger charge is 2.30. The van der Waals surface area contributed by atoms with Crippen LogP contribution in [0.15, 0.2) is 91.0 Å². The predicted octanol–water partition coefficient (Wildman–Crippen LogP) is 1.71. The second-order valence-electron chi connectivity index (χ2n) is 10.5. The van der Waals surface area contributed by atoms with E-state index in [9.17, 15) is 24.3 Å². The summed E-state index contributed by atoms with van der Waals surface area (Å²) in [5.41, 5.74) is 14.2. The van der Waals surface area contributed by atoms with Gasteiger partial charge in [0.05, 0.1) is 6.04 Å². The number of nitrogens with two attached hydrogens (primary N) is 2. The van der Waals surface area contributed by atoms with Crippen molar-refractivity contribution >= 4 is 23.7 Å². The van der Waals surface area contributed by atoms with E-state index in [2.05, 4.69) is 16.0 Å². The highest BCUT2D eigenvalue weighted by Crippen LogP contribution is 2.09. The molecule has 43 heavy (non-hydrogen) atoms. The van der Waals surface area contributed by atoms with Crippen LogP contribution in [0, 0.1) is 0 Å². The molecule has 0 heterocycles. The van der Waals surface area contributed by atoms with Crippen molar-refractivity contribution in [2.45, 2.75) is 62.7 Å². The number of nitrogens with one attached hydrogen (secondary N) is 3. The summed E-state index contributed by atoms with van der Waals surface area (Å²) in [6, 6.07) is 23.2. The lowest BCUT2D eigenvalue weighted by Crippen LogP contribution is -2.58. The zero-order valence-electron chi connectivity index (χ0n) is 24.2. The molecule has 10 heteroatoms. The molecule has 0 aliphatic heterocycles. The number of unbranched alkanes of at least 4 members (excludes halogenated alkanes) is 1. The molecule has 0 saturated carbocycles. The third kappa shape index (κ3) is 11.3. The van der Waals surface area contributed by atoms with Gasteiger partial charge in [-0.1, -0.05) is 91.0 Å². The smallest absolute Gasteiger partial charge is 0.326 e. The Morgan fingerprint density at radius 3 is 1.49 bits per heavy atom. The summed E-state index contributed by atoms with van der Waals surface area (Å²) in [5, 5.41) is 17.9. The zero-order chi connectivity index (χ0) is 31.0. The van der Waals surface area contributed by atoms with Crippen molar-refractivity contribution in [2.75, 3.05) is 6.54 Å². The van der Waals surface area contributed by atoms with E-state index in [4.69, 9.17) is 11.5 Å². The Hall–Kier alpha value is -4.54. The van der Waals surface area contributed by atoms with E-state index >= 15 is 0 Å². The molecule has 0 saturated heterocycles. The fraction of sp³-hybridized carbons (Fsp3) is 0.333. The maximum Gasteiger partial charge on any atom is 0.326 e. The average molecular weight is 588 g/mol. The molecule has 228 valence electrons. The maximum absolute atomic E-state index is 13.6. The van der Waals surface area contributed by atoms with Crippen molar-refractivity contribution in [1.29, 1.82) is 0 Å². The van der Waals surface area contributed by atoms with Crippen LogP contribution in [-0.4, -0.2) is 59.5 Å². The van der Waals surface area contributed by atoms with Gasteiger partial charge in [0.15, 0.2) is 0 Å². The van der Waals surface area contributed by atoms with E-state index in [0.717, 1.165) is 16.7 Å². The highest BCUT2D eigenvalue weighted by atomic mass is 16.4. The highest BCUT2D eigenvalue weighted by molar-refractivity contribution is 5.94. The molecule has 3 rings (SSSR count). The fourth-order valence-corrected chi connectivity index (χ4v) is 4.65. The van der Waals surface area contributed by atoms with Crippen LogP contribution in [0.3, 0.4) is 0 Å². The number of benzene rings is 3. The van der Waals surface area contributed by atoms with Gasteiger partial charge in [-0.25, -0.2) is 4.79 Å². The van der Waals surface area contributed by atoms with Gasteiger partial charge < -0.3 is 32.5 Å². The van der Waals surface area contributed by atoms with Gasteiger partial charge in [-0.15, -0.1) is 0 Å². The van der Waals surface area contributed by atoms with E-state index in [1.54, 1.807) is 24.3 Å². The predicted molar refractivity (Wildman–Crippen MR) is 165 cm³/mol. The minimum atomic E-state index is -1.21. The minimum Gasteiger partial charge on any atom is -0.480 e. The van der Waals surface area contributed by atoms with Gasteiger partial charge >= 0.3 is 5.97 Å². The summed E-state index contributed by atoms with van der Waals surface area (Å²) in [6.45, 7) is 0.423. The van der Waals surface area contributed by atoms with Gasteiger partial charge in [-0.05, 0) is 48.9 Å². The molecule has 0 bridgehead atoms. The third-order valence-electron chi connectivity index (χ3n) is 7.03. The Balaban J connectivity index is 1.76. The molecule has 0 aliphatic rings. The molecular formula is C33H41N5O5. The van der Waals surface area contributed by atoms with Crippen LogP contribution in [-0.2, 0) is 38.4 Å². The van der Waals surface area contributed by atoms with Gasteiger partial charge in [0, 0.05) is 12.8 Å². The summed E-state index contributed by atoms with van der Waals surface area (Å²) in [7, 11) is 0. The molecule has 3 aromatic rings. The molecule has 3 aromatic carbocycles. The lowest BCUT2D eigenvalue weighted by Gasteiger charge is -2.25. The quantitative estimate of drug-likeness (QED) is 0.130. The van der Waals surface area contributed by atoms with Crippen molar-refractivity contribution in [3.05, 3.63) is 108 Å². The minimum absolute atomic E-state index is 0.0744. The monoisotopic (exact) mass is 587 g/mol. The Labute approximate surface area is 252 Å². The summed E-state index contributed by atoms with van der Waals surface area (Å²) < 4.78 is 0. The van der Waals surface area contributed by atoms with Crippen molar-refractivity contribution in [3.63, 3.8) is 0 Å². The van der Waals surface area contributed by atoms with Crippen molar-refractivity contribution in [1.82, 2.24) is 16.0 Å². The van der Waals surface area contributed by atoms with Crippen LogP contribution >= 0.6 is 0 Å². The summed E-state index contributed by atoms with van der Waals surface area (Å²) in [6.07, 6.45) is 1.98. The molecule has 0 aliphatic carbocycles. The SMILES string of the molecule is NCCCCC(NC(=O)C(N)Cc1ccccc1)C(=O)NC(Cc1ccccc1)C(=O)NC(Cc1ccccc1)C(=O)O. The molecule has 8 N–H and O–H groups in total. The maximum atomic E-state index is 13.6. The van der Waals surface area contributed by atoms with E-state index in [1.165, 1.54) is 0 Å². The topological polar surface area (TPSA) is 177 Å². The standard InChI is InChI=1S/C33H41N5O5/c34-19-11-10-18-27(36-30(39)26(35)20-23-12-4-1-5-13-23)31(40)37-28(21-24-14-6-2-7-15-24)32(41)38-29(33(42)43)22-25-16-8-3-9-17-25/h1-9,12-17,26-29H,10-11,18-22,34-35H2,(H,36,39)(H,37,40)(H,38,41)(H,42,43). The molecule has 4 atom stereocenters. The first-order valence-corrected chi connectivity index (χ1v) is 14.5. The number of hydrogen-bond acceptors (Lipinski definition) is 6. The summed E-state index contributed by atoms with van der Waals surface area (Å²) in [4.78, 5) is 52.1. The molecule has 0 spiro atoms. The third-order valence-corrected chi connectivity index (χ3v) is 7.03. The second-order valence-corrected chi connectivity index (χ2v) is 10.5. The molecule has 10 nitrogen and oxygen atoms in total. The van der Waals surface area contributed by atoms with Gasteiger partial charge in [-0.3, -0.25) is 14.4 Å². The summed E-state index contributed by atoms with van der Waals surface area (Å²) in [5.74, 6) is -2.90. The number of carbonyl (C=O) groups is 4. The fourth-order valence-electron chi connectivity index (χ4n) is 4.65. The first-order valence-electron chi connectivity index (χ1n) is 14.5. The first-order chi connectivity index (χ1) is 20.8. The van der Waals surface area contributed by atoms with Gasteiger partial charge in [0.1, 0.15) is 18.1 Å².